The molecule has 0 aliphatic heterocycles. The van der Waals surface area contributed by atoms with Crippen molar-refractivity contribution in [2.24, 2.45) is 0 Å². The molecule has 282 valence electrons. The fourth-order valence-corrected chi connectivity index (χ4v) is 6.11. The van der Waals surface area contributed by atoms with Crippen LogP contribution in [0.4, 0.5) is 4.39 Å². The van der Waals surface area contributed by atoms with Crippen LogP contribution in [-0.2, 0) is 9.53 Å². The van der Waals surface area contributed by atoms with Gasteiger partial charge in [0.05, 0.1) is 18.3 Å². The Balaban J connectivity index is 1.32. The highest BCUT2D eigenvalue weighted by molar-refractivity contribution is 5.91. The molecular weight excluding hydrogens is 651 g/mol. The highest BCUT2D eigenvalue weighted by Crippen LogP contribution is 2.24. The summed E-state index contributed by atoms with van der Waals surface area (Å²) in [5.41, 5.74) is 2.69. The number of halogens is 1. The van der Waals surface area contributed by atoms with Crippen molar-refractivity contribution in [2.75, 3.05) is 6.61 Å². The number of esters is 2. The van der Waals surface area contributed by atoms with Crippen LogP contribution in [0.1, 0.15) is 159 Å². The number of hydrogen-bond acceptors (Lipinski definition) is 5. The summed E-state index contributed by atoms with van der Waals surface area (Å²) in [6.45, 7) is 6.85. The summed E-state index contributed by atoms with van der Waals surface area (Å²) in [7, 11) is 0. The Hall–Kier alpha value is -4.11. The van der Waals surface area contributed by atoms with Crippen molar-refractivity contribution in [3.8, 4) is 34.5 Å². The molecule has 0 fully saturated rings. The zero-order chi connectivity index (χ0) is 37.2. The number of carbonyl (C=O) groups excluding carboxylic acids is 2. The van der Waals surface area contributed by atoms with Crippen molar-refractivity contribution in [3.63, 3.8) is 0 Å². The minimum absolute atomic E-state index is 0.112. The molecule has 0 radical (unpaired) electrons. The summed E-state index contributed by atoms with van der Waals surface area (Å²) in [5, 5.41) is 0. The molecule has 0 unspecified atom stereocenters. The van der Waals surface area contributed by atoms with E-state index in [1.165, 1.54) is 96.0 Å². The molecule has 0 amide bonds. The molecule has 52 heavy (non-hydrogen) atoms. The van der Waals surface area contributed by atoms with Crippen LogP contribution in [-0.4, -0.2) is 24.6 Å². The van der Waals surface area contributed by atoms with Crippen LogP contribution in [0, 0.1) is 17.7 Å². The molecule has 3 aromatic rings. The quantitative estimate of drug-likeness (QED) is 0.0379. The molecule has 0 spiro atoms. The number of hydrogen-bond donors (Lipinski definition) is 0. The van der Waals surface area contributed by atoms with E-state index in [9.17, 15) is 14.0 Å². The summed E-state index contributed by atoms with van der Waals surface area (Å²) in [5.74, 6) is 4.07. The Bertz CT molecular complexity index is 1500. The molecule has 3 aromatic carbocycles. The van der Waals surface area contributed by atoms with Gasteiger partial charge in [0.25, 0.3) is 0 Å². The number of carbonyl (C=O) groups is 2. The van der Waals surface area contributed by atoms with Crippen molar-refractivity contribution in [2.45, 2.75) is 149 Å². The zero-order valence-corrected chi connectivity index (χ0v) is 32.0. The highest BCUT2D eigenvalue weighted by Gasteiger charge is 2.12. The zero-order valence-electron chi connectivity index (χ0n) is 32.0. The molecule has 0 aliphatic carbocycles. The summed E-state index contributed by atoms with van der Waals surface area (Å²) in [6, 6.07) is 18.7. The fourth-order valence-electron chi connectivity index (χ4n) is 6.11. The minimum atomic E-state index is -0.742. The van der Waals surface area contributed by atoms with Crippen LogP contribution >= 0.6 is 0 Å². The van der Waals surface area contributed by atoms with Gasteiger partial charge in [-0.05, 0) is 79.8 Å². The summed E-state index contributed by atoms with van der Waals surface area (Å²) in [4.78, 5) is 24.9. The second kappa shape index (κ2) is 25.8. The molecule has 0 saturated carbocycles. The molecule has 0 saturated heterocycles. The Kier molecular flexibility index (Phi) is 21.0. The first-order valence-corrected chi connectivity index (χ1v) is 20.0. The molecule has 0 aliphatic rings. The van der Waals surface area contributed by atoms with Crippen molar-refractivity contribution >= 4 is 11.9 Å². The number of benzene rings is 3. The molecule has 0 aromatic heterocycles. The van der Waals surface area contributed by atoms with Gasteiger partial charge in [0.2, 0.25) is 0 Å². The third kappa shape index (κ3) is 17.4. The SMILES string of the molecule is CCCCCCCCCCCCCCCCOc1ccc(C#CC(=O)Oc2ccc(-c3ccc(C(=O)O[C@@H](C)CCCCCC)cc3)cc2)cc1F. The van der Waals surface area contributed by atoms with E-state index in [1.807, 2.05) is 31.2 Å². The van der Waals surface area contributed by atoms with E-state index in [2.05, 4.69) is 25.7 Å². The first-order chi connectivity index (χ1) is 25.4. The smallest absolute Gasteiger partial charge is 0.390 e. The van der Waals surface area contributed by atoms with E-state index < -0.39 is 11.8 Å². The van der Waals surface area contributed by atoms with Crippen LogP contribution in [0.25, 0.3) is 11.1 Å². The van der Waals surface area contributed by atoms with Gasteiger partial charge in [-0.2, -0.15) is 0 Å². The van der Waals surface area contributed by atoms with Crippen LogP contribution in [0.2, 0.25) is 0 Å². The molecular formula is C46H61FO5. The van der Waals surface area contributed by atoms with Crippen molar-refractivity contribution in [3.05, 3.63) is 83.7 Å². The minimum Gasteiger partial charge on any atom is -0.491 e. The van der Waals surface area contributed by atoms with E-state index in [0.717, 1.165) is 43.2 Å². The largest absolute Gasteiger partial charge is 0.491 e. The maximum Gasteiger partial charge on any atom is 0.390 e. The van der Waals surface area contributed by atoms with Crippen LogP contribution < -0.4 is 9.47 Å². The fraction of sp³-hybridized carbons (Fsp3) is 0.522. The maximum absolute atomic E-state index is 14.6. The molecule has 0 heterocycles. The van der Waals surface area contributed by atoms with E-state index in [0.29, 0.717) is 23.5 Å². The molecule has 5 nitrogen and oxygen atoms in total. The molecule has 3 rings (SSSR count). The highest BCUT2D eigenvalue weighted by atomic mass is 19.1. The Morgan fingerprint density at radius 3 is 1.73 bits per heavy atom. The van der Waals surface area contributed by atoms with Gasteiger partial charge in [0, 0.05) is 11.5 Å². The summed E-state index contributed by atoms with van der Waals surface area (Å²) < 4.78 is 31.2. The Morgan fingerprint density at radius 2 is 1.17 bits per heavy atom. The average Bonchev–Trinajstić information content (AvgIpc) is 3.15. The maximum atomic E-state index is 14.6. The number of unbranched alkanes of at least 4 members (excludes halogenated alkanes) is 16. The predicted molar refractivity (Wildman–Crippen MR) is 210 cm³/mol. The van der Waals surface area contributed by atoms with E-state index >= 15 is 0 Å². The van der Waals surface area contributed by atoms with Gasteiger partial charge in [-0.1, -0.05) is 147 Å². The van der Waals surface area contributed by atoms with Gasteiger partial charge < -0.3 is 14.2 Å². The molecule has 0 bridgehead atoms. The number of rotatable bonds is 25. The van der Waals surface area contributed by atoms with E-state index in [-0.39, 0.29) is 17.8 Å². The topological polar surface area (TPSA) is 61.8 Å². The lowest BCUT2D eigenvalue weighted by Crippen LogP contribution is -2.15. The lowest BCUT2D eigenvalue weighted by atomic mass is 10.0. The van der Waals surface area contributed by atoms with Gasteiger partial charge in [-0.3, -0.25) is 0 Å². The van der Waals surface area contributed by atoms with Gasteiger partial charge in [0.1, 0.15) is 5.75 Å². The van der Waals surface area contributed by atoms with Crippen molar-refractivity contribution < 1.29 is 28.2 Å². The molecule has 1 atom stereocenters. The van der Waals surface area contributed by atoms with Gasteiger partial charge in [0.15, 0.2) is 11.6 Å². The second-order valence-electron chi connectivity index (χ2n) is 13.9. The Morgan fingerprint density at radius 1 is 0.654 bits per heavy atom. The van der Waals surface area contributed by atoms with Gasteiger partial charge in [-0.15, -0.1) is 0 Å². The van der Waals surface area contributed by atoms with Crippen molar-refractivity contribution in [1.82, 2.24) is 0 Å². The van der Waals surface area contributed by atoms with E-state index in [1.54, 1.807) is 36.4 Å². The molecule has 6 heteroatoms. The lowest BCUT2D eigenvalue weighted by molar-refractivity contribution is -0.128. The third-order valence-corrected chi connectivity index (χ3v) is 9.29. The van der Waals surface area contributed by atoms with E-state index in [4.69, 9.17) is 14.2 Å². The second-order valence-corrected chi connectivity index (χ2v) is 13.9. The normalized spacial score (nSPS) is 11.4. The van der Waals surface area contributed by atoms with Crippen LogP contribution in [0.5, 0.6) is 11.5 Å². The van der Waals surface area contributed by atoms with Crippen LogP contribution in [0.3, 0.4) is 0 Å². The van der Waals surface area contributed by atoms with Crippen molar-refractivity contribution in [1.29, 1.82) is 0 Å². The number of ether oxygens (including phenoxy) is 3. The average molecular weight is 713 g/mol. The molecule has 0 N–H and O–H groups in total. The standard InChI is InChI=1S/C46H61FO5/c1-4-6-8-10-11-12-13-14-15-16-17-18-19-21-35-50-44-33-23-38(36-43(44)47)24-34-45(48)52-42-31-29-40(30-32-42)39-25-27-41(28-26-39)46(49)51-37(3)22-20-9-7-5-2/h23,25-33,36-37H,4-22,35H2,1-3H3/t37-/m0/s1. The van der Waals surface area contributed by atoms with Crippen LogP contribution in [0.15, 0.2) is 66.7 Å². The lowest BCUT2D eigenvalue weighted by Gasteiger charge is -2.13. The first-order valence-electron chi connectivity index (χ1n) is 20.0. The summed E-state index contributed by atoms with van der Waals surface area (Å²) in [6.07, 6.45) is 23.4. The predicted octanol–water partition coefficient (Wildman–Crippen LogP) is 12.8. The first kappa shape index (κ1) is 42.3. The van der Waals surface area contributed by atoms with Gasteiger partial charge >= 0.3 is 11.9 Å². The Labute approximate surface area is 313 Å². The van der Waals surface area contributed by atoms with Gasteiger partial charge in [-0.25, -0.2) is 14.0 Å². The summed E-state index contributed by atoms with van der Waals surface area (Å²) >= 11 is 0. The monoisotopic (exact) mass is 712 g/mol. The third-order valence-electron chi connectivity index (χ3n) is 9.29.